The zero-order chi connectivity index (χ0) is 18.4. The highest BCUT2D eigenvalue weighted by molar-refractivity contribution is 5.89. The molecule has 1 N–H and O–H groups in total. The van der Waals surface area contributed by atoms with Crippen molar-refractivity contribution < 1.29 is 23.8 Å². The van der Waals surface area contributed by atoms with Crippen LogP contribution in [-0.2, 0) is 9.47 Å². The molecule has 2 heterocycles. The third-order valence-electron chi connectivity index (χ3n) is 2.73. The Morgan fingerprint density at radius 2 is 1.64 bits per heavy atom. The number of aromatic nitrogens is 2. The van der Waals surface area contributed by atoms with E-state index >= 15 is 0 Å². The number of rotatable bonds is 4. The van der Waals surface area contributed by atoms with E-state index in [-0.39, 0.29) is 5.56 Å². The van der Waals surface area contributed by atoms with E-state index in [2.05, 4.69) is 20.0 Å². The predicted molar refractivity (Wildman–Crippen MR) is 89.7 cm³/mol. The molecule has 0 aliphatic carbocycles. The van der Waals surface area contributed by atoms with Crippen LogP contribution in [0.25, 0.3) is 0 Å². The Balaban J connectivity index is 2.09. The molecule has 0 saturated heterocycles. The van der Waals surface area contributed by atoms with Gasteiger partial charge < -0.3 is 14.2 Å². The number of hydrogen-bond donors (Lipinski definition) is 1. The Morgan fingerprint density at radius 3 is 2.28 bits per heavy atom. The maximum atomic E-state index is 11.8. The van der Waals surface area contributed by atoms with Crippen molar-refractivity contribution in [2.75, 3.05) is 12.4 Å². The Hall–Kier alpha value is -3.16. The first-order valence-corrected chi connectivity index (χ1v) is 7.43. The molecule has 8 heteroatoms. The molecule has 2 aromatic heterocycles. The molecular formula is C17H19N3O5. The Bertz CT molecular complexity index is 771. The van der Waals surface area contributed by atoms with Crippen molar-refractivity contribution in [2.45, 2.75) is 26.4 Å². The van der Waals surface area contributed by atoms with Crippen LogP contribution in [0, 0.1) is 0 Å². The molecule has 1 amide bonds. The van der Waals surface area contributed by atoms with E-state index in [4.69, 9.17) is 9.47 Å². The van der Waals surface area contributed by atoms with Crippen LogP contribution in [-0.4, -0.2) is 34.7 Å². The lowest BCUT2D eigenvalue weighted by Crippen LogP contribution is -2.27. The van der Waals surface area contributed by atoms with Crippen molar-refractivity contribution in [2.24, 2.45) is 0 Å². The van der Waals surface area contributed by atoms with Gasteiger partial charge in [-0.2, -0.15) is 0 Å². The number of carbonyl (C=O) groups is 2. The van der Waals surface area contributed by atoms with E-state index in [0.29, 0.717) is 17.2 Å². The zero-order valence-electron chi connectivity index (χ0n) is 14.4. The summed E-state index contributed by atoms with van der Waals surface area (Å²) in [5, 5.41) is 2.57. The number of esters is 1. The molecule has 0 aliphatic heterocycles. The van der Waals surface area contributed by atoms with Crippen molar-refractivity contribution in [1.29, 1.82) is 0 Å². The van der Waals surface area contributed by atoms with Crippen molar-refractivity contribution in [3.63, 3.8) is 0 Å². The summed E-state index contributed by atoms with van der Waals surface area (Å²) in [7, 11) is 1.28. The molecule has 2 aromatic rings. The lowest BCUT2D eigenvalue weighted by molar-refractivity contribution is 0.0597. The predicted octanol–water partition coefficient (Wildman–Crippen LogP) is 3.40. The van der Waals surface area contributed by atoms with Gasteiger partial charge in [0.15, 0.2) is 0 Å². The summed E-state index contributed by atoms with van der Waals surface area (Å²) in [4.78, 5) is 31.2. The summed E-state index contributed by atoms with van der Waals surface area (Å²) in [6.07, 6.45) is 5.14. The summed E-state index contributed by atoms with van der Waals surface area (Å²) >= 11 is 0. The highest BCUT2D eigenvalue weighted by atomic mass is 16.6. The smallest absolute Gasteiger partial charge is 0.412 e. The number of nitrogens with zero attached hydrogens (tertiary/aromatic N) is 2. The first-order chi connectivity index (χ1) is 11.8. The summed E-state index contributed by atoms with van der Waals surface area (Å²) in [6, 6.07) is 3.06. The number of methoxy groups -OCH3 is 1. The van der Waals surface area contributed by atoms with Crippen LogP contribution in [0.3, 0.4) is 0 Å². The minimum Gasteiger partial charge on any atom is -0.465 e. The monoisotopic (exact) mass is 345 g/mol. The zero-order valence-corrected chi connectivity index (χ0v) is 14.4. The van der Waals surface area contributed by atoms with Gasteiger partial charge in [-0.25, -0.2) is 9.59 Å². The normalized spacial score (nSPS) is 10.7. The van der Waals surface area contributed by atoms with Gasteiger partial charge in [-0.3, -0.25) is 15.3 Å². The van der Waals surface area contributed by atoms with Crippen molar-refractivity contribution in [3.8, 4) is 11.5 Å². The Morgan fingerprint density at radius 1 is 1.00 bits per heavy atom. The van der Waals surface area contributed by atoms with E-state index in [1.807, 2.05) is 0 Å². The number of pyridine rings is 2. The topological polar surface area (TPSA) is 99.6 Å². The third kappa shape index (κ3) is 5.76. The van der Waals surface area contributed by atoms with E-state index in [9.17, 15) is 9.59 Å². The van der Waals surface area contributed by atoms with Gasteiger partial charge in [0.25, 0.3) is 0 Å². The second kappa shape index (κ2) is 7.61. The number of hydrogen-bond acceptors (Lipinski definition) is 7. The molecule has 0 atom stereocenters. The minimum atomic E-state index is -0.606. The molecule has 0 saturated carbocycles. The minimum absolute atomic E-state index is 0.260. The van der Waals surface area contributed by atoms with Crippen molar-refractivity contribution in [1.82, 2.24) is 9.97 Å². The molecule has 2 rings (SSSR count). The standard InChI is InChI=1S/C17H19N3O5/c1-17(2,3)25-16(22)20-12-6-14(10-19-8-12)24-13-5-11(7-18-9-13)15(21)23-4/h5-10H,1-4H3,(H,20,22). The number of amides is 1. The molecule has 0 unspecified atom stereocenters. The molecule has 25 heavy (non-hydrogen) atoms. The Kier molecular flexibility index (Phi) is 5.53. The van der Waals surface area contributed by atoms with Crippen LogP contribution in [0.5, 0.6) is 11.5 Å². The largest absolute Gasteiger partial charge is 0.465 e. The average molecular weight is 345 g/mol. The molecule has 8 nitrogen and oxygen atoms in total. The maximum absolute atomic E-state index is 11.8. The summed E-state index contributed by atoms with van der Waals surface area (Å²) in [6.45, 7) is 5.31. The van der Waals surface area contributed by atoms with Crippen molar-refractivity contribution in [3.05, 3.63) is 42.5 Å². The lowest BCUT2D eigenvalue weighted by Gasteiger charge is -2.19. The van der Waals surface area contributed by atoms with Crippen LogP contribution in [0.15, 0.2) is 36.9 Å². The van der Waals surface area contributed by atoms with E-state index in [1.165, 1.54) is 38.0 Å². The fourth-order valence-corrected chi connectivity index (χ4v) is 1.80. The highest BCUT2D eigenvalue weighted by Crippen LogP contribution is 2.23. The van der Waals surface area contributed by atoms with Crippen molar-refractivity contribution >= 4 is 17.7 Å². The summed E-state index contributed by atoms with van der Waals surface area (Å²) in [5.74, 6) is 0.174. The number of ether oxygens (including phenoxy) is 3. The van der Waals surface area contributed by atoms with Crippen LogP contribution < -0.4 is 10.1 Å². The third-order valence-corrected chi connectivity index (χ3v) is 2.73. The second-order valence-corrected chi connectivity index (χ2v) is 6.04. The fraction of sp³-hybridized carbons (Fsp3) is 0.294. The molecular weight excluding hydrogens is 326 g/mol. The van der Waals surface area contributed by atoms with Gasteiger partial charge in [-0.15, -0.1) is 0 Å². The van der Waals surface area contributed by atoms with Gasteiger partial charge in [0, 0.05) is 12.3 Å². The quantitative estimate of drug-likeness (QED) is 0.848. The first-order valence-electron chi connectivity index (χ1n) is 7.43. The Labute approximate surface area is 145 Å². The van der Waals surface area contributed by atoms with Gasteiger partial charge in [0.05, 0.1) is 37.0 Å². The molecule has 0 radical (unpaired) electrons. The van der Waals surface area contributed by atoms with E-state index < -0.39 is 17.7 Å². The fourth-order valence-electron chi connectivity index (χ4n) is 1.80. The second-order valence-electron chi connectivity index (χ2n) is 6.04. The lowest BCUT2D eigenvalue weighted by atomic mass is 10.2. The van der Waals surface area contributed by atoms with E-state index in [1.54, 1.807) is 26.8 Å². The molecule has 132 valence electrons. The van der Waals surface area contributed by atoms with Crippen LogP contribution in [0.1, 0.15) is 31.1 Å². The SMILES string of the molecule is COC(=O)c1cncc(Oc2cncc(NC(=O)OC(C)(C)C)c2)c1. The summed E-state index contributed by atoms with van der Waals surface area (Å²) < 4.78 is 15.4. The van der Waals surface area contributed by atoms with Crippen LogP contribution in [0.2, 0.25) is 0 Å². The van der Waals surface area contributed by atoms with Gasteiger partial charge in [0.2, 0.25) is 0 Å². The molecule has 0 spiro atoms. The maximum Gasteiger partial charge on any atom is 0.412 e. The van der Waals surface area contributed by atoms with E-state index in [0.717, 1.165) is 0 Å². The summed E-state index contributed by atoms with van der Waals surface area (Å²) in [5.41, 5.74) is 0.0610. The average Bonchev–Trinajstić information content (AvgIpc) is 2.52. The number of carbonyl (C=O) groups excluding carboxylic acids is 2. The molecule has 0 aliphatic rings. The molecule has 0 fully saturated rings. The number of nitrogens with one attached hydrogen (secondary N) is 1. The van der Waals surface area contributed by atoms with Gasteiger partial charge in [-0.05, 0) is 26.8 Å². The van der Waals surface area contributed by atoms with Crippen LogP contribution >= 0.6 is 0 Å². The van der Waals surface area contributed by atoms with Crippen LogP contribution in [0.4, 0.5) is 10.5 Å². The van der Waals surface area contributed by atoms with Gasteiger partial charge in [0.1, 0.15) is 17.1 Å². The molecule has 0 aromatic carbocycles. The number of anilines is 1. The first kappa shape index (κ1) is 18.2. The van der Waals surface area contributed by atoms with Gasteiger partial charge >= 0.3 is 12.1 Å². The highest BCUT2D eigenvalue weighted by Gasteiger charge is 2.16. The molecule has 0 bridgehead atoms. The van der Waals surface area contributed by atoms with Gasteiger partial charge in [-0.1, -0.05) is 0 Å².